The van der Waals surface area contributed by atoms with Crippen LogP contribution in [0, 0.1) is 13.8 Å². The number of hydrogen-bond acceptors (Lipinski definition) is 0. The second-order valence-electron chi connectivity index (χ2n) is 3.56. The molecular formula is C12H16. The first-order valence-electron chi connectivity index (χ1n) is 4.30. The molecule has 0 fully saturated rings. The summed E-state index contributed by atoms with van der Waals surface area (Å²) in [5.74, 6) is 0. The molecule has 0 unspecified atom stereocenters. The predicted octanol–water partition coefficient (Wildman–Crippen LogP) is 3.42. The van der Waals surface area contributed by atoms with E-state index in [4.69, 9.17) is 0 Å². The quantitative estimate of drug-likeness (QED) is 0.581. The lowest BCUT2D eigenvalue weighted by Crippen LogP contribution is -1.90. The predicted molar refractivity (Wildman–Crippen MR) is 54.4 cm³/mol. The van der Waals surface area contributed by atoms with E-state index in [1.165, 1.54) is 22.3 Å². The molecule has 1 aromatic carbocycles. The van der Waals surface area contributed by atoms with Crippen LogP contribution in [0.15, 0.2) is 30.4 Å². The molecule has 0 amide bonds. The van der Waals surface area contributed by atoms with Crippen molar-refractivity contribution in [3.05, 3.63) is 47.0 Å². The highest BCUT2D eigenvalue weighted by molar-refractivity contribution is 5.32. The van der Waals surface area contributed by atoms with Crippen LogP contribution in [0.3, 0.4) is 0 Å². The Balaban J connectivity index is 2.93. The van der Waals surface area contributed by atoms with Gasteiger partial charge in [0, 0.05) is 0 Å². The average molecular weight is 160 g/mol. The molecule has 64 valence electrons. The molecule has 0 radical (unpaired) electrons. The Labute approximate surface area is 74.9 Å². The van der Waals surface area contributed by atoms with Crippen molar-refractivity contribution < 1.29 is 0 Å². The minimum Gasteiger partial charge on any atom is -0.0998 e. The van der Waals surface area contributed by atoms with E-state index in [0.29, 0.717) is 0 Å². The van der Waals surface area contributed by atoms with E-state index in [1.54, 1.807) is 0 Å². The van der Waals surface area contributed by atoms with Crippen LogP contribution in [-0.2, 0) is 6.42 Å². The van der Waals surface area contributed by atoms with E-state index in [-0.39, 0.29) is 0 Å². The summed E-state index contributed by atoms with van der Waals surface area (Å²) in [6, 6.07) is 6.57. The van der Waals surface area contributed by atoms with Gasteiger partial charge in [0.25, 0.3) is 0 Å². The van der Waals surface area contributed by atoms with Crippen LogP contribution in [0.2, 0.25) is 0 Å². The van der Waals surface area contributed by atoms with Crippen molar-refractivity contribution in [2.75, 3.05) is 0 Å². The summed E-state index contributed by atoms with van der Waals surface area (Å²) in [6.45, 7) is 10.3. The van der Waals surface area contributed by atoms with E-state index in [0.717, 1.165) is 6.42 Å². The minimum atomic E-state index is 1.01. The summed E-state index contributed by atoms with van der Waals surface area (Å²) in [5, 5.41) is 0. The standard InChI is InChI=1S/C12H16/c1-9(2)7-12-6-5-10(3)8-11(12)4/h5-6,8H,1,7H2,2-4H3. The van der Waals surface area contributed by atoms with Gasteiger partial charge in [0.1, 0.15) is 0 Å². The lowest BCUT2D eigenvalue weighted by atomic mass is 10.0. The molecule has 1 aromatic rings. The number of rotatable bonds is 2. The molecule has 0 saturated heterocycles. The Morgan fingerprint density at radius 1 is 1.33 bits per heavy atom. The molecule has 0 spiro atoms. The molecule has 0 aromatic heterocycles. The van der Waals surface area contributed by atoms with Crippen LogP contribution in [0.25, 0.3) is 0 Å². The SMILES string of the molecule is C=C(C)Cc1ccc(C)cc1C. The first kappa shape index (κ1) is 9.05. The number of benzene rings is 1. The van der Waals surface area contributed by atoms with E-state index in [2.05, 4.69) is 45.5 Å². The summed E-state index contributed by atoms with van der Waals surface area (Å²) in [7, 11) is 0. The first-order valence-corrected chi connectivity index (χ1v) is 4.30. The zero-order valence-corrected chi connectivity index (χ0v) is 8.15. The molecule has 12 heavy (non-hydrogen) atoms. The van der Waals surface area contributed by atoms with Crippen LogP contribution in [0.4, 0.5) is 0 Å². The first-order chi connectivity index (χ1) is 5.59. The van der Waals surface area contributed by atoms with Crippen molar-refractivity contribution in [3.8, 4) is 0 Å². The molecule has 0 heterocycles. The van der Waals surface area contributed by atoms with Crippen LogP contribution >= 0.6 is 0 Å². The molecular weight excluding hydrogens is 144 g/mol. The van der Waals surface area contributed by atoms with Gasteiger partial charge in [-0.05, 0) is 38.3 Å². The van der Waals surface area contributed by atoms with Crippen molar-refractivity contribution in [1.82, 2.24) is 0 Å². The monoisotopic (exact) mass is 160 g/mol. The molecule has 0 aliphatic heterocycles. The smallest absolute Gasteiger partial charge is 0.00699 e. The molecule has 0 aliphatic carbocycles. The Hall–Kier alpha value is -1.04. The van der Waals surface area contributed by atoms with Crippen LogP contribution in [-0.4, -0.2) is 0 Å². The molecule has 0 nitrogen and oxygen atoms in total. The molecule has 1 rings (SSSR count). The molecule has 0 saturated carbocycles. The second-order valence-corrected chi connectivity index (χ2v) is 3.56. The van der Waals surface area contributed by atoms with E-state index >= 15 is 0 Å². The average Bonchev–Trinajstić information content (AvgIpc) is 1.94. The lowest BCUT2D eigenvalue weighted by Gasteiger charge is -2.05. The van der Waals surface area contributed by atoms with Gasteiger partial charge in [-0.2, -0.15) is 0 Å². The highest BCUT2D eigenvalue weighted by Crippen LogP contribution is 2.13. The molecule has 0 heteroatoms. The van der Waals surface area contributed by atoms with Gasteiger partial charge in [-0.25, -0.2) is 0 Å². The summed E-state index contributed by atoms with van der Waals surface area (Å²) in [6.07, 6.45) is 1.01. The zero-order chi connectivity index (χ0) is 9.14. The number of hydrogen-bond donors (Lipinski definition) is 0. The van der Waals surface area contributed by atoms with E-state index in [1.807, 2.05) is 0 Å². The highest BCUT2D eigenvalue weighted by atomic mass is 14.0. The van der Waals surface area contributed by atoms with Crippen molar-refractivity contribution in [1.29, 1.82) is 0 Å². The minimum absolute atomic E-state index is 1.01. The van der Waals surface area contributed by atoms with Gasteiger partial charge in [-0.1, -0.05) is 35.9 Å². The summed E-state index contributed by atoms with van der Waals surface area (Å²) < 4.78 is 0. The summed E-state index contributed by atoms with van der Waals surface area (Å²) >= 11 is 0. The lowest BCUT2D eigenvalue weighted by molar-refractivity contribution is 1.12. The van der Waals surface area contributed by atoms with Gasteiger partial charge in [-0.3, -0.25) is 0 Å². The topological polar surface area (TPSA) is 0 Å². The third-order valence-corrected chi connectivity index (χ3v) is 1.99. The van der Waals surface area contributed by atoms with Crippen molar-refractivity contribution in [2.45, 2.75) is 27.2 Å². The van der Waals surface area contributed by atoms with Gasteiger partial charge in [0.2, 0.25) is 0 Å². The van der Waals surface area contributed by atoms with Crippen molar-refractivity contribution >= 4 is 0 Å². The van der Waals surface area contributed by atoms with Gasteiger partial charge in [0.05, 0.1) is 0 Å². The fraction of sp³-hybridized carbons (Fsp3) is 0.333. The third-order valence-electron chi connectivity index (χ3n) is 1.99. The largest absolute Gasteiger partial charge is 0.0998 e. The van der Waals surface area contributed by atoms with E-state index < -0.39 is 0 Å². The fourth-order valence-electron chi connectivity index (χ4n) is 1.37. The van der Waals surface area contributed by atoms with E-state index in [9.17, 15) is 0 Å². The highest BCUT2D eigenvalue weighted by Gasteiger charge is 1.97. The summed E-state index contributed by atoms with van der Waals surface area (Å²) in [5.41, 5.74) is 5.33. The third kappa shape index (κ3) is 2.23. The van der Waals surface area contributed by atoms with Gasteiger partial charge in [-0.15, -0.1) is 0 Å². The van der Waals surface area contributed by atoms with Crippen molar-refractivity contribution in [3.63, 3.8) is 0 Å². The van der Waals surface area contributed by atoms with Crippen LogP contribution in [0.1, 0.15) is 23.6 Å². The van der Waals surface area contributed by atoms with Gasteiger partial charge >= 0.3 is 0 Å². The van der Waals surface area contributed by atoms with Crippen LogP contribution < -0.4 is 0 Å². The number of allylic oxidation sites excluding steroid dienone is 1. The molecule has 0 aliphatic rings. The maximum absolute atomic E-state index is 3.91. The zero-order valence-electron chi connectivity index (χ0n) is 8.15. The summed E-state index contributed by atoms with van der Waals surface area (Å²) in [4.78, 5) is 0. The fourth-order valence-corrected chi connectivity index (χ4v) is 1.37. The van der Waals surface area contributed by atoms with Crippen LogP contribution in [0.5, 0.6) is 0 Å². The molecule has 0 bridgehead atoms. The van der Waals surface area contributed by atoms with Gasteiger partial charge in [0.15, 0.2) is 0 Å². The second kappa shape index (κ2) is 3.57. The number of aryl methyl sites for hydroxylation is 2. The Kier molecular flexibility index (Phi) is 2.69. The Morgan fingerprint density at radius 3 is 2.50 bits per heavy atom. The maximum atomic E-state index is 3.91. The molecule has 0 N–H and O–H groups in total. The molecule has 0 atom stereocenters. The Bertz CT molecular complexity index is 295. The maximum Gasteiger partial charge on any atom is -0.00699 e. The van der Waals surface area contributed by atoms with Gasteiger partial charge < -0.3 is 0 Å². The van der Waals surface area contributed by atoms with Crippen molar-refractivity contribution in [2.24, 2.45) is 0 Å². The normalized spacial score (nSPS) is 9.92. The Morgan fingerprint density at radius 2 is 2.00 bits per heavy atom.